The second kappa shape index (κ2) is 14.6. The number of benzene rings is 2. The van der Waals surface area contributed by atoms with E-state index in [0.29, 0.717) is 12.1 Å². The van der Waals surface area contributed by atoms with Crippen molar-refractivity contribution < 1.29 is 58.9 Å². The van der Waals surface area contributed by atoms with Crippen LogP contribution in [0.25, 0.3) is 0 Å². The Hall–Kier alpha value is -4.61. The van der Waals surface area contributed by atoms with Crippen LogP contribution in [0, 0.1) is 5.92 Å². The molecule has 3 aromatic rings. The van der Waals surface area contributed by atoms with Gasteiger partial charge in [0.25, 0.3) is 0 Å². The molecule has 0 spiro atoms. The highest BCUT2D eigenvalue weighted by atomic mass is 19.4. The zero-order valence-electron chi connectivity index (χ0n) is 27.4. The van der Waals surface area contributed by atoms with Crippen LogP contribution in [0.5, 0.6) is 0 Å². The zero-order valence-corrected chi connectivity index (χ0v) is 27.4. The van der Waals surface area contributed by atoms with Crippen LogP contribution in [-0.2, 0) is 34.5 Å². The first-order valence-corrected chi connectivity index (χ1v) is 15.7. The highest BCUT2D eigenvalue weighted by Crippen LogP contribution is 2.47. The minimum Gasteiger partial charge on any atom is -0.481 e. The molecule has 4 rings (SSSR count). The lowest BCUT2D eigenvalue weighted by molar-refractivity contribution is -0.143. The number of alkyl halides is 9. The van der Waals surface area contributed by atoms with E-state index in [9.17, 15) is 54.2 Å². The number of fused-ring (bicyclic) bond motifs is 1. The number of rotatable bonds is 10. The van der Waals surface area contributed by atoms with Gasteiger partial charge in [-0.15, -0.1) is 0 Å². The molecule has 278 valence electrons. The Kier molecular flexibility index (Phi) is 11.2. The average molecular weight is 736 g/mol. The molecule has 51 heavy (non-hydrogen) atoms. The van der Waals surface area contributed by atoms with Gasteiger partial charge in [-0.3, -0.25) is 9.69 Å². The summed E-state index contributed by atoms with van der Waals surface area (Å²) < 4.78 is 129. The number of aromatic nitrogens is 2. The fourth-order valence-electron chi connectivity index (χ4n) is 5.85. The van der Waals surface area contributed by atoms with E-state index in [-0.39, 0.29) is 66.9 Å². The normalized spacial score (nSPS) is 18.6. The molecule has 0 bridgehead atoms. The fraction of sp³-hybridized carbons (Fsp3) is 0.455. The number of carboxylic acids is 1. The molecule has 3 atom stereocenters. The summed E-state index contributed by atoms with van der Waals surface area (Å²) in [7, 11) is 0. The first-order chi connectivity index (χ1) is 23.6. The van der Waals surface area contributed by atoms with Crippen molar-refractivity contribution in [2.75, 3.05) is 23.4 Å². The maximum atomic E-state index is 13.9. The molecule has 1 aromatic heterocycles. The minimum absolute atomic E-state index is 0.0350. The highest BCUT2D eigenvalue weighted by molar-refractivity contribution is 5.91. The molecule has 0 fully saturated rings. The first-order valence-electron chi connectivity index (χ1n) is 15.7. The maximum absolute atomic E-state index is 13.9. The third kappa shape index (κ3) is 8.65. The van der Waals surface area contributed by atoms with Gasteiger partial charge in [-0.1, -0.05) is 13.8 Å². The first kappa shape index (κ1) is 39.2. The quantitative estimate of drug-likeness (QED) is 0.178. The van der Waals surface area contributed by atoms with Gasteiger partial charge in [0.1, 0.15) is 11.5 Å². The van der Waals surface area contributed by atoms with E-state index in [1.807, 2.05) is 0 Å². The van der Waals surface area contributed by atoms with Crippen LogP contribution in [0.1, 0.15) is 85.3 Å². The van der Waals surface area contributed by atoms with Gasteiger partial charge in [-0.2, -0.15) is 39.5 Å². The molecule has 18 heteroatoms. The Morgan fingerprint density at radius 2 is 1.59 bits per heavy atom. The van der Waals surface area contributed by atoms with E-state index in [4.69, 9.17) is 10.5 Å². The van der Waals surface area contributed by atoms with Crippen LogP contribution in [0.15, 0.2) is 42.6 Å². The van der Waals surface area contributed by atoms with Crippen molar-refractivity contribution in [1.29, 1.82) is 0 Å². The van der Waals surface area contributed by atoms with E-state index >= 15 is 0 Å². The van der Waals surface area contributed by atoms with Crippen LogP contribution in [-0.4, -0.2) is 46.0 Å². The molecule has 1 aliphatic heterocycles. The maximum Gasteiger partial charge on any atom is 0.416 e. The van der Waals surface area contributed by atoms with Crippen molar-refractivity contribution in [3.05, 3.63) is 81.9 Å². The average Bonchev–Trinajstić information content (AvgIpc) is 3.03. The summed E-state index contributed by atoms with van der Waals surface area (Å²) in [4.78, 5) is 34.6. The fourth-order valence-corrected chi connectivity index (χ4v) is 5.85. The van der Waals surface area contributed by atoms with Crippen molar-refractivity contribution in [3.8, 4) is 0 Å². The number of anilines is 2. The predicted molar refractivity (Wildman–Crippen MR) is 166 cm³/mol. The van der Waals surface area contributed by atoms with Crippen molar-refractivity contribution in [2.24, 2.45) is 11.7 Å². The molecular formula is C33H34F9N5O4. The number of carboxylic acid groups (broad SMARTS) is 1. The van der Waals surface area contributed by atoms with Gasteiger partial charge in [0, 0.05) is 18.9 Å². The van der Waals surface area contributed by atoms with E-state index in [1.165, 1.54) is 6.92 Å². The standard InChI is InChI=1S/C33H34F9N5O4/c1-4-18(28(48)49)15-44-25-16-45-27(46-24(25)11-17-9-20(32(37,38)39)12-21(10-17)33(40,41)42)23-14-30(43,5-2)47(29(50)51-6-3)26-8-7-19(13-22(23)26)31(34,35)36/h7-10,12-13,16,18,23,44H,4-6,11,14-15,43H2,1-3H3,(H,48,49)/t18?,23-,30+/m0/s1. The highest BCUT2D eigenvalue weighted by Gasteiger charge is 2.47. The summed E-state index contributed by atoms with van der Waals surface area (Å²) in [6, 6.07) is 3.58. The molecule has 0 saturated carbocycles. The van der Waals surface area contributed by atoms with Gasteiger partial charge >= 0.3 is 30.6 Å². The third-order valence-corrected chi connectivity index (χ3v) is 8.63. The Morgan fingerprint density at radius 1 is 0.980 bits per heavy atom. The van der Waals surface area contributed by atoms with Gasteiger partial charge in [0.15, 0.2) is 0 Å². The van der Waals surface area contributed by atoms with Gasteiger partial charge in [0.2, 0.25) is 0 Å². The molecule has 0 aliphatic carbocycles. The monoisotopic (exact) mass is 735 g/mol. The van der Waals surface area contributed by atoms with Crippen LogP contribution < -0.4 is 16.0 Å². The number of aliphatic carboxylic acids is 1. The summed E-state index contributed by atoms with van der Waals surface area (Å²) >= 11 is 0. The lowest BCUT2D eigenvalue weighted by atomic mass is 9.80. The number of amides is 1. The Labute approximate surface area is 286 Å². The van der Waals surface area contributed by atoms with E-state index in [2.05, 4.69) is 15.3 Å². The van der Waals surface area contributed by atoms with Gasteiger partial charge in [-0.05, 0) is 73.7 Å². The number of carbonyl (C=O) groups is 2. The summed E-state index contributed by atoms with van der Waals surface area (Å²) in [5.74, 6) is -3.50. The SMILES string of the molecule is CCOC(=O)N1c2ccc(C(F)(F)F)cc2[C@@H](c2ncc(NCC(CC)C(=O)O)c(Cc3cc(C(F)(F)F)cc(C(F)(F)F)c3)n2)C[C@@]1(N)CC. The minimum atomic E-state index is -5.15. The van der Waals surface area contributed by atoms with E-state index in [0.717, 1.165) is 29.3 Å². The topological polar surface area (TPSA) is 131 Å². The molecule has 1 unspecified atom stereocenters. The van der Waals surface area contributed by atoms with Crippen molar-refractivity contribution in [3.63, 3.8) is 0 Å². The zero-order chi connectivity index (χ0) is 38.1. The Balaban J connectivity index is 1.94. The number of nitrogens with one attached hydrogen (secondary N) is 1. The molecule has 0 radical (unpaired) electrons. The van der Waals surface area contributed by atoms with E-state index in [1.54, 1.807) is 13.8 Å². The number of nitrogens with two attached hydrogens (primary N) is 1. The van der Waals surface area contributed by atoms with Gasteiger partial charge in [-0.25, -0.2) is 14.8 Å². The lowest BCUT2D eigenvalue weighted by Crippen LogP contribution is -2.61. The largest absolute Gasteiger partial charge is 0.481 e. The number of hydrogen-bond acceptors (Lipinski definition) is 7. The number of carbonyl (C=O) groups excluding carboxylic acids is 1. The molecule has 9 nitrogen and oxygen atoms in total. The predicted octanol–water partition coefficient (Wildman–Crippen LogP) is 8.21. The number of nitrogens with zero attached hydrogens (tertiary/aromatic N) is 3. The summed E-state index contributed by atoms with van der Waals surface area (Å²) in [6.07, 6.45) is -15.6. The van der Waals surface area contributed by atoms with Gasteiger partial charge in [0.05, 0.1) is 52.5 Å². The molecule has 0 saturated heterocycles. The van der Waals surface area contributed by atoms with Crippen molar-refractivity contribution in [1.82, 2.24) is 9.97 Å². The van der Waals surface area contributed by atoms with Crippen LogP contribution in [0.4, 0.5) is 55.7 Å². The lowest BCUT2D eigenvalue weighted by Gasteiger charge is -2.46. The molecule has 4 N–H and O–H groups in total. The number of hydrogen-bond donors (Lipinski definition) is 3. The van der Waals surface area contributed by atoms with Crippen LogP contribution in [0.3, 0.4) is 0 Å². The number of halogens is 9. The second-order valence-electron chi connectivity index (χ2n) is 12.0. The molecule has 1 amide bonds. The number of ether oxygens (including phenoxy) is 1. The summed E-state index contributed by atoms with van der Waals surface area (Å²) in [5.41, 5.74) is 0.0778. The van der Waals surface area contributed by atoms with E-state index < -0.39 is 76.8 Å². The molecule has 2 heterocycles. The molecule has 2 aromatic carbocycles. The Morgan fingerprint density at radius 3 is 2.10 bits per heavy atom. The second-order valence-corrected chi connectivity index (χ2v) is 12.0. The van der Waals surface area contributed by atoms with Crippen LogP contribution in [0.2, 0.25) is 0 Å². The summed E-state index contributed by atoms with van der Waals surface area (Å²) in [5, 5.41) is 12.3. The molecular weight excluding hydrogens is 701 g/mol. The van der Waals surface area contributed by atoms with Gasteiger partial charge < -0.3 is 20.9 Å². The van der Waals surface area contributed by atoms with Crippen molar-refractivity contribution in [2.45, 2.75) is 76.6 Å². The van der Waals surface area contributed by atoms with Crippen LogP contribution >= 0.6 is 0 Å². The Bertz CT molecular complexity index is 1730. The smallest absolute Gasteiger partial charge is 0.416 e. The molecule has 1 aliphatic rings. The summed E-state index contributed by atoms with van der Waals surface area (Å²) in [6.45, 7) is 4.42. The third-order valence-electron chi connectivity index (χ3n) is 8.63. The van der Waals surface area contributed by atoms with Crippen molar-refractivity contribution >= 4 is 23.4 Å².